The summed E-state index contributed by atoms with van der Waals surface area (Å²) in [4.78, 5) is 25.6. The van der Waals surface area contributed by atoms with Crippen molar-refractivity contribution in [3.63, 3.8) is 0 Å². The summed E-state index contributed by atoms with van der Waals surface area (Å²) in [6.07, 6.45) is 8.56. The molecule has 4 rings (SSSR count). The fourth-order valence-corrected chi connectivity index (χ4v) is 4.71. The number of rotatable bonds is 5. The van der Waals surface area contributed by atoms with Crippen LogP contribution in [0, 0.1) is 11.8 Å². The monoisotopic (exact) mass is 422 g/mol. The highest BCUT2D eigenvalue weighted by atomic mass is 16.4. The Morgan fingerprint density at radius 1 is 1.10 bits per heavy atom. The Morgan fingerprint density at radius 3 is 2.48 bits per heavy atom. The number of likely N-dealkylation sites (tertiary alicyclic amines) is 2. The molecule has 2 aliphatic rings. The number of aromatic nitrogens is 2. The van der Waals surface area contributed by atoms with Crippen LogP contribution in [0.15, 0.2) is 48.0 Å². The lowest BCUT2D eigenvalue weighted by Gasteiger charge is -2.37. The van der Waals surface area contributed by atoms with E-state index in [0.717, 1.165) is 56.4 Å². The van der Waals surface area contributed by atoms with Crippen LogP contribution in [0.3, 0.4) is 0 Å². The second kappa shape index (κ2) is 9.87. The van der Waals surface area contributed by atoms with Crippen LogP contribution >= 0.6 is 0 Å². The van der Waals surface area contributed by atoms with Crippen LogP contribution in [0.4, 0.5) is 5.82 Å². The van der Waals surface area contributed by atoms with Crippen molar-refractivity contribution in [2.24, 2.45) is 17.0 Å². The summed E-state index contributed by atoms with van der Waals surface area (Å²) in [6, 6.07) is 7.66. The van der Waals surface area contributed by atoms with Gasteiger partial charge in [0.25, 0.3) is 0 Å². The summed E-state index contributed by atoms with van der Waals surface area (Å²) in [6.45, 7) is 4.09. The van der Waals surface area contributed by atoms with E-state index in [2.05, 4.69) is 20.0 Å². The van der Waals surface area contributed by atoms with E-state index in [1.807, 2.05) is 29.2 Å². The van der Waals surface area contributed by atoms with E-state index in [-0.39, 0.29) is 17.7 Å². The van der Waals surface area contributed by atoms with Crippen LogP contribution in [0.1, 0.15) is 36.8 Å². The number of amides is 1. The third-order valence-electron chi connectivity index (χ3n) is 6.45. The summed E-state index contributed by atoms with van der Waals surface area (Å²) in [7, 11) is 0. The van der Waals surface area contributed by atoms with Crippen molar-refractivity contribution in [1.29, 1.82) is 0 Å². The Morgan fingerprint density at radius 2 is 1.84 bits per heavy atom. The van der Waals surface area contributed by atoms with Gasteiger partial charge in [-0.2, -0.15) is 0 Å². The standard InChI is InChI=1S/C23H30N6O2/c24-21-14-17(3-9-26-21)16-28-10-4-19(5-11-28)23(30)29-12-6-18(7-13-29)22(27-31)20-2-1-8-25-15-20/h1-3,8-9,14-15,18-19,31H,4-7,10-13,16H2,(H2,24,26). The SMILES string of the molecule is Nc1cc(CN2CCC(C(=O)N3CCC(C(=NO)c4cccnc4)CC3)CC2)ccn1. The maximum atomic E-state index is 13.1. The number of nitrogens with two attached hydrogens (primary N) is 1. The summed E-state index contributed by atoms with van der Waals surface area (Å²) in [5.74, 6) is 1.06. The molecule has 2 aliphatic heterocycles. The molecule has 0 aromatic carbocycles. The molecule has 0 spiro atoms. The number of nitrogen functional groups attached to an aromatic ring is 1. The molecule has 0 bridgehead atoms. The van der Waals surface area contributed by atoms with Gasteiger partial charge in [0.15, 0.2) is 0 Å². The predicted octanol–water partition coefficient (Wildman–Crippen LogP) is 2.39. The molecule has 0 unspecified atom stereocenters. The van der Waals surface area contributed by atoms with Crippen molar-refractivity contribution in [3.8, 4) is 0 Å². The first kappa shape index (κ1) is 21.2. The second-order valence-corrected chi connectivity index (χ2v) is 8.47. The lowest BCUT2D eigenvalue weighted by atomic mass is 9.87. The molecule has 0 aliphatic carbocycles. The Labute approximate surface area is 182 Å². The molecule has 2 aromatic rings. The molecule has 4 heterocycles. The van der Waals surface area contributed by atoms with Crippen LogP contribution in [0.25, 0.3) is 0 Å². The smallest absolute Gasteiger partial charge is 0.225 e. The first-order valence-electron chi connectivity index (χ1n) is 11.0. The molecule has 3 N–H and O–H groups in total. The van der Waals surface area contributed by atoms with Crippen LogP contribution in [0.2, 0.25) is 0 Å². The van der Waals surface area contributed by atoms with E-state index in [9.17, 15) is 10.0 Å². The van der Waals surface area contributed by atoms with Crippen molar-refractivity contribution in [1.82, 2.24) is 19.8 Å². The van der Waals surface area contributed by atoms with Gasteiger partial charge in [0, 0.05) is 55.6 Å². The van der Waals surface area contributed by atoms with Crippen LogP contribution in [-0.4, -0.2) is 62.8 Å². The topological polar surface area (TPSA) is 108 Å². The molecule has 8 nitrogen and oxygen atoms in total. The van der Waals surface area contributed by atoms with Crippen LogP contribution < -0.4 is 5.73 Å². The van der Waals surface area contributed by atoms with E-state index in [1.165, 1.54) is 0 Å². The highest BCUT2D eigenvalue weighted by Gasteiger charge is 2.32. The third-order valence-corrected chi connectivity index (χ3v) is 6.45. The largest absolute Gasteiger partial charge is 0.411 e. The van der Waals surface area contributed by atoms with E-state index >= 15 is 0 Å². The number of piperidine rings is 2. The molecule has 31 heavy (non-hydrogen) atoms. The van der Waals surface area contributed by atoms with E-state index < -0.39 is 0 Å². The molecule has 0 radical (unpaired) electrons. The van der Waals surface area contributed by atoms with Crippen molar-refractivity contribution < 1.29 is 10.0 Å². The van der Waals surface area contributed by atoms with E-state index in [0.29, 0.717) is 24.6 Å². The molecule has 0 saturated carbocycles. The number of nitrogens with zero attached hydrogens (tertiary/aromatic N) is 5. The molecule has 1 amide bonds. The quantitative estimate of drug-likeness (QED) is 0.435. The maximum Gasteiger partial charge on any atom is 0.225 e. The summed E-state index contributed by atoms with van der Waals surface area (Å²) in [5.41, 5.74) is 8.45. The second-order valence-electron chi connectivity index (χ2n) is 8.47. The van der Waals surface area contributed by atoms with Gasteiger partial charge in [-0.05, 0) is 68.6 Å². The van der Waals surface area contributed by atoms with Gasteiger partial charge in [0.1, 0.15) is 5.82 Å². The van der Waals surface area contributed by atoms with Gasteiger partial charge in [-0.1, -0.05) is 5.16 Å². The number of oxime groups is 1. The van der Waals surface area contributed by atoms with Crippen molar-refractivity contribution in [2.45, 2.75) is 32.2 Å². The first-order chi connectivity index (χ1) is 15.1. The maximum absolute atomic E-state index is 13.1. The number of hydrogen-bond donors (Lipinski definition) is 2. The van der Waals surface area contributed by atoms with Gasteiger partial charge in [-0.25, -0.2) is 4.98 Å². The van der Waals surface area contributed by atoms with E-state index in [1.54, 1.807) is 18.6 Å². The number of carbonyl (C=O) groups is 1. The number of carbonyl (C=O) groups excluding carboxylic acids is 1. The van der Waals surface area contributed by atoms with Crippen molar-refractivity contribution >= 4 is 17.4 Å². The summed E-state index contributed by atoms with van der Waals surface area (Å²) in [5, 5.41) is 13.1. The first-order valence-corrected chi connectivity index (χ1v) is 11.0. The Bertz CT molecular complexity index is 903. The molecule has 8 heteroatoms. The minimum atomic E-state index is 0.0969. The van der Waals surface area contributed by atoms with Crippen LogP contribution in [-0.2, 0) is 11.3 Å². The van der Waals surface area contributed by atoms with Crippen molar-refractivity contribution in [2.75, 3.05) is 31.9 Å². The molecular formula is C23H30N6O2. The zero-order valence-corrected chi connectivity index (χ0v) is 17.7. The van der Waals surface area contributed by atoms with Gasteiger partial charge < -0.3 is 15.8 Å². The van der Waals surface area contributed by atoms with Crippen LogP contribution in [0.5, 0.6) is 0 Å². The minimum absolute atomic E-state index is 0.0969. The van der Waals surface area contributed by atoms with Gasteiger partial charge in [-0.3, -0.25) is 14.7 Å². The average Bonchev–Trinajstić information content (AvgIpc) is 2.81. The highest BCUT2D eigenvalue weighted by molar-refractivity contribution is 6.01. The zero-order valence-electron chi connectivity index (χ0n) is 17.7. The minimum Gasteiger partial charge on any atom is -0.411 e. The predicted molar refractivity (Wildman–Crippen MR) is 119 cm³/mol. The average molecular weight is 423 g/mol. The van der Waals surface area contributed by atoms with Gasteiger partial charge >= 0.3 is 0 Å². The van der Waals surface area contributed by atoms with Gasteiger partial charge in [0.2, 0.25) is 5.91 Å². The fraction of sp³-hybridized carbons (Fsp3) is 0.478. The van der Waals surface area contributed by atoms with Crippen molar-refractivity contribution in [3.05, 3.63) is 54.0 Å². The Hall–Kier alpha value is -3.00. The normalized spacial score (nSPS) is 19.5. The molecule has 2 fully saturated rings. The van der Waals surface area contributed by atoms with Gasteiger partial charge in [0.05, 0.1) is 5.71 Å². The number of hydrogen-bond acceptors (Lipinski definition) is 7. The highest BCUT2D eigenvalue weighted by Crippen LogP contribution is 2.26. The number of pyridine rings is 2. The molecular weight excluding hydrogens is 392 g/mol. The molecule has 2 aromatic heterocycles. The Kier molecular flexibility index (Phi) is 6.76. The fourth-order valence-electron chi connectivity index (χ4n) is 4.71. The zero-order chi connectivity index (χ0) is 21.6. The summed E-state index contributed by atoms with van der Waals surface area (Å²) < 4.78 is 0. The lowest BCUT2D eigenvalue weighted by molar-refractivity contribution is -0.138. The third kappa shape index (κ3) is 5.19. The molecule has 2 saturated heterocycles. The molecule has 0 atom stereocenters. The molecule has 164 valence electrons. The lowest BCUT2D eigenvalue weighted by Crippen LogP contribution is -2.46. The summed E-state index contributed by atoms with van der Waals surface area (Å²) >= 11 is 0. The Balaban J connectivity index is 1.26. The number of anilines is 1. The van der Waals surface area contributed by atoms with Gasteiger partial charge in [-0.15, -0.1) is 0 Å². The van der Waals surface area contributed by atoms with E-state index in [4.69, 9.17) is 5.73 Å².